The van der Waals surface area contributed by atoms with E-state index in [2.05, 4.69) is 20.4 Å². The molecule has 0 aliphatic carbocycles. The lowest BCUT2D eigenvalue weighted by Gasteiger charge is -2.34. The summed E-state index contributed by atoms with van der Waals surface area (Å²) in [5.74, 6) is 0.457. The molecule has 0 bridgehead atoms. The Kier molecular flexibility index (Phi) is 5.48. The first-order valence-corrected chi connectivity index (χ1v) is 10.4. The van der Waals surface area contributed by atoms with Crippen LogP contribution in [0.1, 0.15) is 26.8 Å². The fourth-order valence-corrected chi connectivity index (χ4v) is 4.43. The quantitative estimate of drug-likeness (QED) is 0.642. The molecule has 1 amide bonds. The summed E-state index contributed by atoms with van der Waals surface area (Å²) in [5, 5.41) is 7.85. The first kappa shape index (κ1) is 19.1. The Labute approximate surface area is 172 Å². The third-order valence-corrected chi connectivity index (χ3v) is 6.17. The molecule has 1 aromatic carbocycles. The van der Waals surface area contributed by atoms with Crippen LogP contribution in [-0.4, -0.2) is 52.0 Å². The van der Waals surface area contributed by atoms with Crippen LogP contribution < -0.4 is 0 Å². The second-order valence-corrected chi connectivity index (χ2v) is 8.24. The number of aryl methyl sites for hydroxylation is 2. The number of hydrogen-bond donors (Lipinski definition) is 0. The van der Waals surface area contributed by atoms with Crippen molar-refractivity contribution in [3.8, 4) is 11.3 Å². The van der Waals surface area contributed by atoms with Crippen molar-refractivity contribution in [2.75, 3.05) is 26.2 Å². The van der Waals surface area contributed by atoms with E-state index in [1.165, 1.54) is 0 Å². The number of thiazole rings is 1. The predicted octanol–water partition coefficient (Wildman–Crippen LogP) is 4.03. The van der Waals surface area contributed by atoms with Crippen LogP contribution in [0.2, 0.25) is 5.02 Å². The molecule has 0 saturated carbocycles. The number of nitrogens with zero attached hydrogens (tertiary/aromatic N) is 4. The van der Waals surface area contributed by atoms with Gasteiger partial charge in [-0.05, 0) is 19.9 Å². The van der Waals surface area contributed by atoms with Gasteiger partial charge in [0.25, 0.3) is 5.91 Å². The molecule has 0 radical (unpaired) electrons. The van der Waals surface area contributed by atoms with Gasteiger partial charge in [-0.1, -0.05) is 35.0 Å². The SMILES string of the molecule is Cc1csc(CN2CCN(C(=O)c3c(-c4ccccc4Cl)noc3C)CC2)n1. The van der Waals surface area contributed by atoms with Gasteiger partial charge in [0.05, 0.1) is 11.6 Å². The van der Waals surface area contributed by atoms with E-state index in [-0.39, 0.29) is 5.91 Å². The minimum absolute atomic E-state index is 0.0570. The zero-order valence-electron chi connectivity index (χ0n) is 15.8. The van der Waals surface area contributed by atoms with Gasteiger partial charge in [0, 0.05) is 42.8 Å². The van der Waals surface area contributed by atoms with Gasteiger partial charge < -0.3 is 9.42 Å². The topological polar surface area (TPSA) is 62.5 Å². The second kappa shape index (κ2) is 8.03. The van der Waals surface area contributed by atoms with Crippen molar-refractivity contribution in [1.82, 2.24) is 19.9 Å². The highest BCUT2D eigenvalue weighted by molar-refractivity contribution is 7.09. The lowest BCUT2D eigenvalue weighted by Crippen LogP contribution is -2.48. The van der Waals surface area contributed by atoms with Gasteiger partial charge in [-0.3, -0.25) is 9.69 Å². The number of aromatic nitrogens is 2. The molecule has 146 valence electrons. The summed E-state index contributed by atoms with van der Waals surface area (Å²) in [6.45, 7) is 7.56. The van der Waals surface area contributed by atoms with Crippen molar-refractivity contribution >= 4 is 28.8 Å². The number of carbonyl (C=O) groups is 1. The van der Waals surface area contributed by atoms with Crippen LogP contribution in [0.3, 0.4) is 0 Å². The molecule has 8 heteroatoms. The molecule has 0 unspecified atom stereocenters. The Morgan fingerprint density at radius 2 is 1.96 bits per heavy atom. The number of carbonyl (C=O) groups excluding carboxylic acids is 1. The molecule has 1 aliphatic heterocycles. The van der Waals surface area contributed by atoms with E-state index in [1.54, 1.807) is 24.3 Å². The normalized spacial score (nSPS) is 15.2. The summed E-state index contributed by atoms with van der Waals surface area (Å²) in [4.78, 5) is 21.9. The molecule has 0 atom stereocenters. The van der Waals surface area contributed by atoms with E-state index in [4.69, 9.17) is 16.1 Å². The smallest absolute Gasteiger partial charge is 0.259 e. The molecule has 28 heavy (non-hydrogen) atoms. The monoisotopic (exact) mass is 416 g/mol. The van der Waals surface area contributed by atoms with E-state index >= 15 is 0 Å². The second-order valence-electron chi connectivity index (χ2n) is 6.89. The molecule has 0 N–H and O–H groups in total. The number of rotatable bonds is 4. The number of piperazine rings is 1. The average Bonchev–Trinajstić information content (AvgIpc) is 3.27. The van der Waals surface area contributed by atoms with Gasteiger partial charge in [-0.25, -0.2) is 4.98 Å². The third kappa shape index (κ3) is 3.83. The highest BCUT2D eigenvalue weighted by atomic mass is 35.5. The van der Waals surface area contributed by atoms with Crippen molar-refractivity contribution in [1.29, 1.82) is 0 Å². The van der Waals surface area contributed by atoms with E-state index in [0.29, 0.717) is 40.7 Å². The van der Waals surface area contributed by atoms with Crippen molar-refractivity contribution in [2.45, 2.75) is 20.4 Å². The first-order chi connectivity index (χ1) is 13.5. The van der Waals surface area contributed by atoms with Gasteiger partial charge in [0.15, 0.2) is 0 Å². The molecule has 3 aromatic rings. The van der Waals surface area contributed by atoms with Gasteiger partial charge in [0.1, 0.15) is 22.0 Å². The fraction of sp³-hybridized carbons (Fsp3) is 0.350. The number of benzene rings is 1. The Morgan fingerprint density at radius 3 is 2.64 bits per heavy atom. The highest BCUT2D eigenvalue weighted by Gasteiger charge is 2.29. The average molecular weight is 417 g/mol. The molecule has 0 spiro atoms. The van der Waals surface area contributed by atoms with Gasteiger partial charge in [0.2, 0.25) is 0 Å². The first-order valence-electron chi connectivity index (χ1n) is 9.16. The van der Waals surface area contributed by atoms with Crippen LogP contribution in [0.4, 0.5) is 0 Å². The van der Waals surface area contributed by atoms with Crippen LogP contribution in [0.15, 0.2) is 34.2 Å². The zero-order valence-corrected chi connectivity index (χ0v) is 17.4. The van der Waals surface area contributed by atoms with Gasteiger partial charge in [-0.15, -0.1) is 11.3 Å². The summed E-state index contributed by atoms with van der Waals surface area (Å²) in [7, 11) is 0. The van der Waals surface area contributed by atoms with Crippen molar-refractivity contribution in [3.63, 3.8) is 0 Å². The maximum Gasteiger partial charge on any atom is 0.259 e. The minimum atomic E-state index is -0.0570. The number of halogens is 1. The summed E-state index contributed by atoms with van der Waals surface area (Å²) in [6, 6.07) is 7.36. The van der Waals surface area contributed by atoms with Crippen LogP contribution in [0.25, 0.3) is 11.3 Å². The molecular formula is C20H21ClN4O2S. The Balaban J connectivity index is 1.48. The van der Waals surface area contributed by atoms with Crippen LogP contribution in [-0.2, 0) is 6.54 Å². The summed E-state index contributed by atoms with van der Waals surface area (Å²) in [5.41, 5.74) is 2.77. The molecule has 3 heterocycles. The van der Waals surface area contributed by atoms with E-state index in [1.807, 2.05) is 30.0 Å². The Bertz CT molecular complexity index is 992. The van der Waals surface area contributed by atoms with Crippen molar-refractivity contribution in [2.24, 2.45) is 0 Å². The Hall–Kier alpha value is -2.22. The lowest BCUT2D eigenvalue weighted by molar-refractivity contribution is 0.0627. The van der Waals surface area contributed by atoms with E-state index in [9.17, 15) is 4.79 Å². The van der Waals surface area contributed by atoms with Crippen molar-refractivity contribution < 1.29 is 9.32 Å². The zero-order chi connectivity index (χ0) is 19.7. The van der Waals surface area contributed by atoms with Crippen LogP contribution in [0, 0.1) is 13.8 Å². The molecular weight excluding hydrogens is 396 g/mol. The van der Waals surface area contributed by atoms with E-state index in [0.717, 1.165) is 30.3 Å². The lowest BCUT2D eigenvalue weighted by atomic mass is 10.0. The summed E-state index contributed by atoms with van der Waals surface area (Å²) >= 11 is 7.99. The third-order valence-electron chi connectivity index (χ3n) is 4.89. The predicted molar refractivity (Wildman–Crippen MR) is 110 cm³/mol. The maximum atomic E-state index is 13.2. The highest BCUT2D eigenvalue weighted by Crippen LogP contribution is 2.32. The largest absolute Gasteiger partial charge is 0.360 e. The van der Waals surface area contributed by atoms with Gasteiger partial charge >= 0.3 is 0 Å². The fourth-order valence-electron chi connectivity index (χ4n) is 3.39. The van der Waals surface area contributed by atoms with E-state index < -0.39 is 0 Å². The van der Waals surface area contributed by atoms with Crippen LogP contribution >= 0.6 is 22.9 Å². The molecule has 1 fully saturated rings. The summed E-state index contributed by atoms with van der Waals surface area (Å²) in [6.07, 6.45) is 0. The number of amides is 1. The molecule has 1 aliphatic rings. The Morgan fingerprint density at radius 1 is 1.21 bits per heavy atom. The summed E-state index contributed by atoms with van der Waals surface area (Å²) < 4.78 is 5.35. The number of hydrogen-bond acceptors (Lipinski definition) is 6. The molecule has 1 saturated heterocycles. The maximum absolute atomic E-state index is 13.2. The molecule has 4 rings (SSSR count). The molecule has 6 nitrogen and oxygen atoms in total. The molecule has 2 aromatic heterocycles. The van der Waals surface area contributed by atoms with Crippen molar-refractivity contribution in [3.05, 3.63) is 56.7 Å². The van der Waals surface area contributed by atoms with Crippen LogP contribution in [0.5, 0.6) is 0 Å². The standard InChI is InChI=1S/C20H21ClN4O2S/c1-13-12-28-17(22-13)11-24-7-9-25(10-8-24)20(26)18-14(2)27-23-19(18)15-5-3-4-6-16(15)21/h3-6,12H,7-11H2,1-2H3. The minimum Gasteiger partial charge on any atom is -0.360 e. The van der Waals surface area contributed by atoms with Gasteiger partial charge in [-0.2, -0.15) is 0 Å².